The highest BCUT2D eigenvalue weighted by molar-refractivity contribution is 8.00. The van der Waals surface area contributed by atoms with Crippen molar-refractivity contribution >= 4 is 28.4 Å². The van der Waals surface area contributed by atoms with Crippen LogP contribution < -0.4 is 10.6 Å². The van der Waals surface area contributed by atoms with E-state index >= 15 is 0 Å². The molecule has 0 saturated heterocycles. The third-order valence-corrected chi connectivity index (χ3v) is 5.68. The van der Waals surface area contributed by atoms with Crippen molar-refractivity contribution in [2.45, 2.75) is 16.9 Å². The van der Waals surface area contributed by atoms with Crippen molar-refractivity contribution in [3.05, 3.63) is 77.0 Å². The molecule has 2 aromatic carbocycles. The van der Waals surface area contributed by atoms with Gasteiger partial charge in [-0.05, 0) is 65.9 Å². The van der Waals surface area contributed by atoms with Gasteiger partial charge in [-0.2, -0.15) is 13.2 Å². The van der Waals surface area contributed by atoms with Gasteiger partial charge in [-0.25, -0.2) is 9.36 Å². The fraction of sp³-hybridized carbons (Fsp3) is 0.182. The van der Waals surface area contributed by atoms with Gasteiger partial charge in [0.05, 0.1) is 23.9 Å². The molecule has 0 saturated carbocycles. The van der Waals surface area contributed by atoms with Gasteiger partial charge in [0.1, 0.15) is 0 Å². The number of anilines is 1. The van der Waals surface area contributed by atoms with E-state index in [0.717, 1.165) is 26.7 Å². The monoisotopic (exact) mass is 460 g/mol. The van der Waals surface area contributed by atoms with Crippen LogP contribution in [0.2, 0.25) is 0 Å². The van der Waals surface area contributed by atoms with Crippen LogP contribution in [-0.2, 0) is 6.54 Å². The minimum absolute atomic E-state index is 0.00632. The minimum Gasteiger partial charge on any atom is -0.493 e. The summed E-state index contributed by atoms with van der Waals surface area (Å²) in [4.78, 5) is 19.3. The summed E-state index contributed by atoms with van der Waals surface area (Å²) >= 11 is -0.240. The number of hydrogen-bond acceptors (Lipinski definition) is 5. The van der Waals surface area contributed by atoms with E-state index < -0.39 is 11.2 Å². The maximum atomic E-state index is 13.0. The molecule has 0 fully saturated rings. The van der Waals surface area contributed by atoms with Crippen molar-refractivity contribution in [3.8, 4) is 11.6 Å². The van der Waals surface area contributed by atoms with Crippen molar-refractivity contribution in [3.63, 3.8) is 0 Å². The van der Waals surface area contributed by atoms with Gasteiger partial charge in [-0.15, -0.1) is 0 Å². The van der Waals surface area contributed by atoms with Crippen LogP contribution in [0.3, 0.4) is 0 Å². The standard InChI is InChI=1S/C22H19F3N4O2S/c1-27(2)16-5-8-19-18(11-16)14(9-10-26-19)12-28-13-20(30)29(21(28)31)15-3-6-17(7-4-15)32-22(23,24)25/h3-11,13,30H,12H2,1-2H3. The van der Waals surface area contributed by atoms with E-state index in [9.17, 15) is 23.1 Å². The van der Waals surface area contributed by atoms with Gasteiger partial charge in [0.25, 0.3) is 0 Å². The summed E-state index contributed by atoms with van der Waals surface area (Å²) in [6.45, 7) is 0.192. The quantitative estimate of drug-likeness (QED) is 0.441. The van der Waals surface area contributed by atoms with E-state index in [2.05, 4.69) is 4.98 Å². The zero-order valence-corrected chi connectivity index (χ0v) is 18.0. The predicted octanol–water partition coefficient (Wildman–Crippen LogP) is 4.62. The van der Waals surface area contributed by atoms with Gasteiger partial charge in [-0.1, -0.05) is 0 Å². The average molecular weight is 460 g/mol. The number of imidazole rings is 1. The number of hydrogen-bond donors (Lipinski definition) is 1. The summed E-state index contributed by atoms with van der Waals surface area (Å²) in [6, 6.07) is 12.9. The second kappa shape index (κ2) is 8.27. The van der Waals surface area contributed by atoms with Crippen LogP contribution in [0.15, 0.2) is 70.6 Å². The summed E-state index contributed by atoms with van der Waals surface area (Å²) in [5.41, 5.74) is -2.03. The Morgan fingerprint density at radius 3 is 2.47 bits per heavy atom. The van der Waals surface area contributed by atoms with Crippen molar-refractivity contribution in [2.75, 3.05) is 19.0 Å². The first-order valence-electron chi connectivity index (χ1n) is 9.55. The third kappa shape index (κ3) is 4.45. The molecule has 0 amide bonds. The zero-order valence-electron chi connectivity index (χ0n) is 17.2. The van der Waals surface area contributed by atoms with E-state index in [1.54, 1.807) is 6.20 Å². The molecule has 0 bridgehead atoms. The largest absolute Gasteiger partial charge is 0.493 e. The molecule has 6 nitrogen and oxygen atoms in total. The van der Waals surface area contributed by atoms with Gasteiger partial charge >= 0.3 is 11.2 Å². The Balaban J connectivity index is 1.69. The van der Waals surface area contributed by atoms with Gasteiger partial charge in [0.2, 0.25) is 5.88 Å². The molecule has 32 heavy (non-hydrogen) atoms. The Bertz CT molecular complexity index is 1330. The van der Waals surface area contributed by atoms with Crippen LogP contribution in [0.5, 0.6) is 5.88 Å². The first kappa shape index (κ1) is 21.8. The number of fused-ring (bicyclic) bond motifs is 1. The lowest BCUT2D eigenvalue weighted by Gasteiger charge is -2.14. The molecule has 166 valence electrons. The zero-order chi connectivity index (χ0) is 23.0. The van der Waals surface area contributed by atoms with E-state index in [4.69, 9.17) is 0 Å². The fourth-order valence-corrected chi connectivity index (χ4v) is 3.96. The van der Waals surface area contributed by atoms with Crippen molar-refractivity contribution in [2.24, 2.45) is 0 Å². The lowest BCUT2D eigenvalue weighted by molar-refractivity contribution is -0.0328. The molecule has 0 radical (unpaired) electrons. The van der Waals surface area contributed by atoms with Gasteiger partial charge in [0, 0.05) is 36.3 Å². The van der Waals surface area contributed by atoms with E-state index in [1.807, 2.05) is 43.3 Å². The van der Waals surface area contributed by atoms with Gasteiger partial charge < -0.3 is 10.0 Å². The van der Waals surface area contributed by atoms with Gasteiger partial charge in [-0.3, -0.25) is 9.55 Å². The Labute approximate surface area is 185 Å². The van der Waals surface area contributed by atoms with Crippen LogP contribution in [0.1, 0.15) is 5.56 Å². The number of nitrogens with zero attached hydrogens (tertiary/aromatic N) is 4. The molecule has 0 aliphatic carbocycles. The highest BCUT2D eigenvalue weighted by Crippen LogP contribution is 2.37. The Kier molecular flexibility index (Phi) is 5.64. The molecule has 1 N–H and O–H groups in total. The molecule has 0 aliphatic rings. The Hall–Kier alpha value is -3.40. The lowest BCUT2D eigenvalue weighted by Crippen LogP contribution is -2.23. The number of alkyl halides is 3. The summed E-state index contributed by atoms with van der Waals surface area (Å²) in [5, 5.41) is 11.2. The summed E-state index contributed by atoms with van der Waals surface area (Å²) in [6.07, 6.45) is 2.97. The molecule has 2 aromatic heterocycles. The van der Waals surface area contributed by atoms with E-state index in [1.165, 1.54) is 35.0 Å². The number of halogens is 3. The minimum atomic E-state index is -4.40. The maximum Gasteiger partial charge on any atom is 0.446 e. The predicted molar refractivity (Wildman–Crippen MR) is 119 cm³/mol. The molecule has 10 heteroatoms. The highest BCUT2D eigenvalue weighted by atomic mass is 32.2. The van der Waals surface area contributed by atoms with Crippen LogP contribution in [0.4, 0.5) is 18.9 Å². The van der Waals surface area contributed by atoms with Crippen molar-refractivity contribution < 1.29 is 18.3 Å². The SMILES string of the molecule is CN(C)c1ccc2nccc(Cn3cc(O)n(-c4ccc(SC(F)(F)F)cc4)c3=O)c2c1. The number of aromatic hydroxyl groups is 1. The maximum absolute atomic E-state index is 13.0. The first-order chi connectivity index (χ1) is 15.1. The molecular weight excluding hydrogens is 441 g/mol. The molecular formula is C22H19F3N4O2S. The van der Waals surface area contributed by atoms with Crippen molar-refractivity contribution in [1.29, 1.82) is 0 Å². The van der Waals surface area contributed by atoms with Crippen LogP contribution in [0.25, 0.3) is 16.6 Å². The molecule has 0 atom stereocenters. The third-order valence-electron chi connectivity index (χ3n) is 4.94. The fourth-order valence-electron chi connectivity index (χ4n) is 3.42. The van der Waals surface area contributed by atoms with Crippen LogP contribution in [-0.4, -0.2) is 38.8 Å². The smallest absolute Gasteiger partial charge is 0.446 e. The molecule has 4 aromatic rings. The number of thioether (sulfide) groups is 1. The van der Waals surface area contributed by atoms with Crippen molar-refractivity contribution in [1.82, 2.24) is 14.1 Å². The topological polar surface area (TPSA) is 63.3 Å². The molecule has 2 heterocycles. The van der Waals surface area contributed by atoms with Gasteiger partial charge in [0.15, 0.2) is 0 Å². The summed E-state index contributed by atoms with van der Waals surface area (Å²) in [7, 11) is 3.86. The average Bonchev–Trinajstić information content (AvgIpc) is 3.00. The number of aromatic nitrogens is 3. The van der Waals surface area contributed by atoms with E-state index in [-0.39, 0.29) is 34.8 Å². The van der Waals surface area contributed by atoms with E-state index in [0.29, 0.717) is 0 Å². The summed E-state index contributed by atoms with van der Waals surface area (Å²) in [5.74, 6) is -0.307. The Morgan fingerprint density at radius 1 is 1.09 bits per heavy atom. The normalized spacial score (nSPS) is 11.8. The number of benzene rings is 2. The molecule has 4 rings (SSSR count). The Morgan fingerprint density at radius 2 is 1.81 bits per heavy atom. The van der Waals surface area contributed by atoms with Crippen LogP contribution >= 0.6 is 11.8 Å². The van der Waals surface area contributed by atoms with Crippen LogP contribution in [0, 0.1) is 0 Å². The molecule has 0 spiro atoms. The number of rotatable bonds is 5. The molecule has 0 aliphatic heterocycles. The molecule has 0 unspecified atom stereocenters. The highest BCUT2D eigenvalue weighted by Gasteiger charge is 2.29. The summed E-state index contributed by atoms with van der Waals surface area (Å²) < 4.78 is 40.0. The second-order valence-electron chi connectivity index (χ2n) is 7.34. The second-order valence-corrected chi connectivity index (χ2v) is 8.48. The lowest BCUT2D eigenvalue weighted by atomic mass is 10.1. The first-order valence-corrected chi connectivity index (χ1v) is 10.4. The number of pyridine rings is 1.